The molecule has 6 heteroatoms. The standard InChI is InChI=1S/C14H16BrN3O2/c15-13-9-12(2-1-11(13)10-16)17-4-3-14(19)18-5-7-20-8-6-18/h1-2,9,17H,3-8H2. The topological polar surface area (TPSA) is 65.4 Å². The van der Waals surface area contributed by atoms with Crippen LogP contribution in [0.4, 0.5) is 5.69 Å². The van der Waals surface area contributed by atoms with Crippen LogP contribution in [0.5, 0.6) is 0 Å². The molecular weight excluding hydrogens is 322 g/mol. The van der Waals surface area contributed by atoms with Crippen molar-refractivity contribution in [3.8, 4) is 6.07 Å². The zero-order valence-corrected chi connectivity index (χ0v) is 12.6. The molecule has 1 aromatic carbocycles. The van der Waals surface area contributed by atoms with Crippen LogP contribution in [0.3, 0.4) is 0 Å². The van der Waals surface area contributed by atoms with Crippen LogP contribution >= 0.6 is 15.9 Å². The second kappa shape index (κ2) is 7.27. The summed E-state index contributed by atoms with van der Waals surface area (Å²) in [6.07, 6.45) is 0.456. The number of nitrogens with zero attached hydrogens (tertiary/aromatic N) is 2. The van der Waals surface area contributed by atoms with E-state index >= 15 is 0 Å². The molecule has 1 N–H and O–H groups in total. The Morgan fingerprint density at radius 2 is 2.20 bits per heavy atom. The van der Waals surface area contributed by atoms with Crippen molar-refractivity contribution in [1.29, 1.82) is 5.26 Å². The van der Waals surface area contributed by atoms with Crippen molar-refractivity contribution in [2.45, 2.75) is 6.42 Å². The molecular formula is C14H16BrN3O2. The van der Waals surface area contributed by atoms with E-state index in [0.29, 0.717) is 44.8 Å². The van der Waals surface area contributed by atoms with E-state index in [2.05, 4.69) is 27.3 Å². The van der Waals surface area contributed by atoms with Crippen LogP contribution in [0, 0.1) is 11.3 Å². The summed E-state index contributed by atoms with van der Waals surface area (Å²) in [7, 11) is 0. The first-order valence-electron chi connectivity index (χ1n) is 6.50. The molecule has 1 amide bonds. The fourth-order valence-corrected chi connectivity index (χ4v) is 2.47. The van der Waals surface area contributed by atoms with Crippen molar-refractivity contribution in [3.63, 3.8) is 0 Å². The van der Waals surface area contributed by atoms with Crippen LogP contribution in [0.1, 0.15) is 12.0 Å². The van der Waals surface area contributed by atoms with E-state index in [1.54, 1.807) is 6.07 Å². The molecule has 1 fully saturated rings. The quantitative estimate of drug-likeness (QED) is 0.912. The number of morpholine rings is 1. The minimum atomic E-state index is 0.147. The Hall–Kier alpha value is -1.58. The normalized spacial score (nSPS) is 14.7. The summed E-state index contributed by atoms with van der Waals surface area (Å²) in [5.74, 6) is 0.147. The van der Waals surface area contributed by atoms with E-state index in [9.17, 15) is 4.79 Å². The van der Waals surface area contributed by atoms with Crippen LogP contribution in [0.15, 0.2) is 22.7 Å². The first kappa shape index (κ1) is 14.8. The van der Waals surface area contributed by atoms with Gasteiger partial charge in [0.05, 0.1) is 18.8 Å². The molecule has 1 aromatic rings. The van der Waals surface area contributed by atoms with Gasteiger partial charge < -0.3 is 15.0 Å². The van der Waals surface area contributed by atoms with Gasteiger partial charge in [0.2, 0.25) is 5.91 Å². The highest BCUT2D eigenvalue weighted by Crippen LogP contribution is 2.20. The maximum absolute atomic E-state index is 11.9. The number of nitriles is 1. The van der Waals surface area contributed by atoms with Crippen molar-refractivity contribution in [2.24, 2.45) is 0 Å². The molecule has 1 aliphatic rings. The molecule has 2 rings (SSSR count). The highest BCUT2D eigenvalue weighted by molar-refractivity contribution is 9.10. The van der Waals surface area contributed by atoms with Crippen LogP contribution in [-0.4, -0.2) is 43.7 Å². The monoisotopic (exact) mass is 337 g/mol. The summed E-state index contributed by atoms with van der Waals surface area (Å²) in [6, 6.07) is 7.52. The Morgan fingerprint density at radius 3 is 2.85 bits per heavy atom. The fraction of sp³-hybridized carbons (Fsp3) is 0.429. The van der Waals surface area contributed by atoms with Gasteiger partial charge in [-0.25, -0.2) is 0 Å². The highest BCUT2D eigenvalue weighted by atomic mass is 79.9. The lowest BCUT2D eigenvalue weighted by atomic mass is 10.2. The van der Waals surface area contributed by atoms with Crippen LogP contribution in [0.25, 0.3) is 0 Å². The zero-order valence-electron chi connectivity index (χ0n) is 11.1. The number of hydrogen-bond acceptors (Lipinski definition) is 4. The van der Waals surface area contributed by atoms with Crippen molar-refractivity contribution in [1.82, 2.24) is 4.90 Å². The summed E-state index contributed by atoms with van der Waals surface area (Å²) < 4.78 is 5.97. The molecule has 106 valence electrons. The highest BCUT2D eigenvalue weighted by Gasteiger charge is 2.15. The maximum Gasteiger partial charge on any atom is 0.224 e. The fourth-order valence-electron chi connectivity index (χ4n) is 2.00. The molecule has 0 aliphatic carbocycles. The van der Waals surface area contributed by atoms with Gasteiger partial charge in [0.1, 0.15) is 6.07 Å². The molecule has 0 radical (unpaired) electrons. The van der Waals surface area contributed by atoms with Gasteiger partial charge in [-0.3, -0.25) is 4.79 Å². The summed E-state index contributed by atoms with van der Waals surface area (Å²) in [6.45, 7) is 3.19. The second-order valence-corrected chi connectivity index (χ2v) is 5.33. The number of halogens is 1. The molecule has 0 atom stereocenters. The predicted octanol–water partition coefficient (Wildman–Crippen LogP) is 1.98. The SMILES string of the molecule is N#Cc1ccc(NCCC(=O)N2CCOCC2)cc1Br. The molecule has 1 saturated heterocycles. The Balaban J connectivity index is 1.79. The first-order valence-corrected chi connectivity index (χ1v) is 7.29. The summed E-state index contributed by atoms with van der Waals surface area (Å²) >= 11 is 3.34. The second-order valence-electron chi connectivity index (χ2n) is 4.48. The largest absolute Gasteiger partial charge is 0.384 e. The lowest BCUT2D eigenvalue weighted by Crippen LogP contribution is -2.41. The van der Waals surface area contributed by atoms with E-state index in [0.717, 1.165) is 10.2 Å². The van der Waals surface area contributed by atoms with Gasteiger partial charge in [0.25, 0.3) is 0 Å². The van der Waals surface area contributed by atoms with Crippen molar-refractivity contribution >= 4 is 27.5 Å². The van der Waals surface area contributed by atoms with E-state index in [4.69, 9.17) is 10.00 Å². The molecule has 0 saturated carbocycles. The third kappa shape index (κ3) is 3.95. The van der Waals surface area contributed by atoms with Crippen LogP contribution in [-0.2, 0) is 9.53 Å². The number of benzene rings is 1. The van der Waals surface area contributed by atoms with Gasteiger partial charge in [-0.2, -0.15) is 5.26 Å². The molecule has 0 spiro atoms. The summed E-state index contributed by atoms with van der Waals surface area (Å²) in [4.78, 5) is 13.8. The third-order valence-electron chi connectivity index (χ3n) is 3.12. The lowest BCUT2D eigenvalue weighted by Gasteiger charge is -2.26. The predicted molar refractivity (Wildman–Crippen MR) is 79.4 cm³/mol. The van der Waals surface area contributed by atoms with Crippen molar-refractivity contribution in [2.75, 3.05) is 38.2 Å². The van der Waals surface area contributed by atoms with E-state index in [-0.39, 0.29) is 5.91 Å². The molecule has 1 aliphatic heterocycles. The van der Waals surface area contributed by atoms with E-state index in [1.807, 2.05) is 17.0 Å². The maximum atomic E-state index is 11.9. The Morgan fingerprint density at radius 1 is 1.45 bits per heavy atom. The number of nitrogens with one attached hydrogen (secondary N) is 1. The molecule has 1 heterocycles. The third-order valence-corrected chi connectivity index (χ3v) is 3.78. The minimum Gasteiger partial charge on any atom is -0.384 e. The number of amides is 1. The van der Waals surface area contributed by atoms with Gasteiger partial charge >= 0.3 is 0 Å². The summed E-state index contributed by atoms with van der Waals surface area (Å²) in [5, 5.41) is 12.0. The number of rotatable bonds is 4. The number of hydrogen-bond donors (Lipinski definition) is 1. The molecule has 0 aromatic heterocycles. The molecule has 20 heavy (non-hydrogen) atoms. The smallest absolute Gasteiger partial charge is 0.224 e. The zero-order chi connectivity index (χ0) is 14.4. The summed E-state index contributed by atoms with van der Waals surface area (Å²) in [5.41, 5.74) is 1.49. The van der Waals surface area contributed by atoms with Crippen LogP contribution in [0.2, 0.25) is 0 Å². The van der Waals surface area contributed by atoms with E-state index < -0.39 is 0 Å². The van der Waals surface area contributed by atoms with Gasteiger partial charge in [0, 0.05) is 36.2 Å². The van der Waals surface area contributed by atoms with Gasteiger partial charge in [-0.1, -0.05) is 0 Å². The Bertz CT molecular complexity index is 522. The van der Waals surface area contributed by atoms with Gasteiger partial charge in [0.15, 0.2) is 0 Å². The number of ether oxygens (including phenoxy) is 1. The lowest BCUT2D eigenvalue weighted by molar-refractivity contribution is -0.134. The average molecular weight is 338 g/mol. The first-order chi connectivity index (χ1) is 9.70. The van der Waals surface area contributed by atoms with Crippen molar-refractivity contribution in [3.05, 3.63) is 28.2 Å². The number of carbonyl (C=O) groups is 1. The number of carbonyl (C=O) groups excluding carboxylic acids is 1. The molecule has 0 unspecified atom stereocenters. The van der Waals surface area contributed by atoms with Gasteiger partial charge in [-0.05, 0) is 34.1 Å². The van der Waals surface area contributed by atoms with E-state index in [1.165, 1.54) is 0 Å². The number of anilines is 1. The van der Waals surface area contributed by atoms with Crippen molar-refractivity contribution < 1.29 is 9.53 Å². The molecule has 5 nitrogen and oxygen atoms in total. The minimum absolute atomic E-state index is 0.147. The Kier molecular flexibility index (Phi) is 5.39. The van der Waals surface area contributed by atoms with Gasteiger partial charge in [-0.15, -0.1) is 0 Å². The van der Waals surface area contributed by atoms with Crippen LogP contribution < -0.4 is 5.32 Å². The average Bonchev–Trinajstić information content (AvgIpc) is 2.48. The Labute approximate surface area is 126 Å². The molecule has 0 bridgehead atoms.